The number of allylic oxidation sites excluding steroid dienone is 5. The molecule has 0 heterocycles. The lowest BCUT2D eigenvalue weighted by Gasteiger charge is -2.25. The number of phosphoric acid groups is 1. The van der Waals surface area contributed by atoms with Gasteiger partial charge in [0.2, 0.25) is 5.91 Å². The molecule has 1 amide bonds. The predicted molar refractivity (Wildman–Crippen MR) is 300 cm³/mol. The summed E-state index contributed by atoms with van der Waals surface area (Å²) < 4.78 is 23.7. The highest BCUT2D eigenvalue weighted by molar-refractivity contribution is 7.47. The number of carbonyl (C=O) groups is 1. The number of likely N-dealkylation sites (N-methyl/N-ethyl adjacent to an activating group) is 1. The van der Waals surface area contributed by atoms with Gasteiger partial charge in [0.1, 0.15) is 13.2 Å². The van der Waals surface area contributed by atoms with Crippen LogP contribution in [-0.2, 0) is 18.4 Å². The molecule has 0 aromatic heterocycles. The third-order valence-corrected chi connectivity index (χ3v) is 14.6. The molecule has 9 heteroatoms. The molecule has 0 bridgehead atoms. The Hall–Kier alpha value is -1.28. The highest BCUT2D eigenvalue weighted by Crippen LogP contribution is 2.43. The van der Waals surface area contributed by atoms with E-state index >= 15 is 0 Å². The number of nitrogens with zero attached hydrogens (tertiary/aromatic N) is 1. The number of phosphoric ester groups is 1. The van der Waals surface area contributed by atoms with Crippen LogP contribution in [0.25, 0.3) is 0 Å². The SMILES string of the molecule is CCCCCCCCCCCCCC/C=C\CCCCCCCCCCC(=O)NC(COP(=O)(O)OCC[N+](C)(C)C)C(O)/C=C/CC/C=C/CCCCCCCCCCCCCCCCCCC. The molecule has 0 spiro atoms. The Kier molecular flexibility index (Phi) is 50.7. The maximum atomic E-state index is 13.0. The van der Waals surface area contributed by atoms with E-state index in [4.69, 9.17) is 9.05 Å². The number of quaternary nitrogens is 1. The highest BCUT2D eigenvalue weighted by atomic mass is 31.2. The van der Waals surface area contributed by atoms with Gasteiger partial charge in [0.05, 0.1) is 39.9 Å². The zero-order valence-corrected chi connectivity index (χ0v) is 47.5. The quantitative estimate of drug-likeness (QED) is 0.0243. The van der Waals surface area contributed by atoms with Crippen molar-refractivity contribution in [3.8, 4) is 0 Å². The zero-order valence-electron chi connectivity index (χ0n) is 46.6. The van der Waals surface area contributed by atoms with E-state index in [9.17, 15) is 19.4 Å². The Balaban J connectivity index is 4.23. The molecule has 0 aliphatic carbocycles. The van der Waals surface area contributed by atoms with E-state index in [1.165, 1.54) is 231 Å². The van der Waals surface area contributed by atoms with Gasteiger partial charge in [0.15, 0.2) is 0 Å². The summed E-state index contributed by atoms with van der Waals surface area (Å²) in [5, 5.41) is 13.9. The van der Waals surface area contributed by atoms with E-state index in [1.54, 1.807) is 6.08 Å². The molecule has 0 saturated heterocycles. The number of hydrogen-bond donors (Lipinski definition) is 3. The average molecular weight is 995 g/mol. The molecule has 0 rings (SSSR count). The normalized spacial score (nSPS) is 14.1. The number of amides is 1. The van der Waals surface area contributed by atoms with Crippen molar-refractivity contribution in [2.45, 2.75) is 302 Å². The van der Waals surface area contributed by atoms with Gasteiger partial charge < -0.3 is 19.8 Å². The lowest BCUT2D eigenvalue weighted by molar-refractivity contribution is -0.870. The minimum atomic E-state index is -4.36. The summed E-state index contributed by atoms with van der Waals surface area (Å²) in [4.78, 5) is 23.3. The fraction of sp³-hybridized carbons (Fsp3) is 0.883. The van der Waals surface area contributed by atoms with Crippen molar-refractivity contribution in [2.75, 3.05) is 40.9 Å². The van der Waals surface area contributed by atoms with E-state index in [2.05, 4.69) is 43.5 Å². The molecule has 3 atom stereocenters. The topological polar surface area (TPSA) is 105 Å². The fourth-order valence-electron chi connectivity index (χ4n) is 8.88. The molecule has 0 saturated carbocycles. The van der Waals surface area contributed by atoms with E-state index in [-0.39, 0.29) is 19.1 Å². The maximum absolute atomic E-state index is 13.0. The van der Waals surface area contributed by atoms with Crippen molar-refractivity contribution >= 4 is 13.7 Å². The van der Waals surface area contributed by atoms with Gasteiger partial charge in [0.25, 0.3) is 0 Å². The van der Waals surface area contributed by atoms with Crippen LogP contribution in [0, 0.1) is 0 Å². The van der Waals surface area contributed by atoms with Gasteiger partial charge in [-0.15, -0.1) is 0 Å². The monoisotopic (exact) mass is 994 g/mol. The van der Waals surface area contributed by atoms with Crippen LogP contribution in [0.2, 0.25) is 0 Å². The average Bonchev–Trinajstić information content (AvgIpc) is 3.31. The molecule has 3 N–H and O–H groups in total. The zero-order chi connectivity index (χ0) is 50.6. The van der Waals surface area contributed by atoms with E-state index in [1.807, 2.05) is 27.2 Å². The second kappa shape index (κ2) is 51.6. The molecule has 0 aromatic carbocycles. The Morgan fingerprint density at radius 2 is 0.797 bits per heavy atom. The highest BCUT2D eigenvalue weighted by Gasteiger charge is 2.27. The molecule has 0 fully saturated rings. The fourth-order valence-corrected chi connectivity index (χ4v) is 9.61. The molecule has 0 aliphatic rings. The smallest absolute Gasteiger partial charge is 0.387 e. The van der Waals surface area contributed by atoms with Crippen molar-refractivity contribution in [2.24, 2.45) is 0 Å². The van der Waals surface area contributed by atoms with Gasteiger partial charge in [-0.25, -0.2) is 4.57 Å². The van der Waals surface area contributed by atoms with Crippen LogP contribution in [0.15, 0.2) is 36.5 Å². The molecule has 0 aromatic rings. The molecule has 8 nitrogen and oxygen atoms in total. The number of nitrogens with one attached hydrogen (secondary N) is 1. The standard InChI is InChI=1S/C60H117N2O6P/c1-6-8-10-12-14-16-18-20-22-24-26-28-30-32-34-36-38-40-42-44-46-48-50-52-54-60(64)61-58(57-68-69(65,66)67-56-55-62(3,4)5)59(63)53-51-49-47-45-43-41-39-37-35-33-31-29-27-25-23-21-19-17-15-13-11-9-7-2/h32,34,43,45,51,53,58-59,63H,6-31,33,35-42,44,46-50,52,54-57H2,1-5H3,(H-,61,64,65,66)/p+1/b34-32-,45-43+,53-51+. The Morgan fingerprint density at radius 1 is 0.478 bits per heavy atom. The summed E-state index contributed by atoms with van der Waals surface area (Å²) in [6.45, 7) is 4.83. The third kappa shape index (κ3) is 54.3. The summed E-state index contributed by atoms with van der Waals surface area (Å²) in [7, 11) is 1.56. The van der Waals surface area contributed by atoms with Crippen LogP contribution in [0.1, 0.15) is 290 Å². The Morgan fingerprint density at radius 3 is 1.16 bits per heavy atom. The predicted octanol–water partition coefficient (Wildman–Crippen LogP) is 18.2. The van der Waals surface area contributed by atoms with Crippen molar-refractivity contribution in [3.63, 3.8) is 0 Å². The van der Waals surface area contributed by atoms with Gasteiger partial charge in [-0.3, -0.25) is 13.8 Å². The van der Waals surface area contributed by atoms with Crippen LogP contribution >= 0.6 is 7.82 Å². The molecular formula is C60H118N2O6P+. The Labute approximate surface area is 429 Å². The minimum absolute atomic E-state index is 0.0562. The number of carbonyl (C=O) groups excluding carboxylic acids is 1. The van der Waals surface area contributed by atoms with E-state index in [0.717, 1.165) is 38.5 Å². The van der Waals surface area contributed by atoms with Crippen molar-refractivity contribution in [3.05, 3.63) is 36.5 Å². The van der Waals surface area contributed by atoms with E-state index in [0.29, 0.717) is 17.4 Å². The molecule has 408 valence electrons. The summed E-state index contributed by atoms with van der Waals surface area (Å²) in [5.41, 5.74) is 0. The molecule has 0 radical (unpaired) electrons. The lowest BCUT2D eigenvalue weighted by Crippen LogP contribution is -2.45. The Bertz CT molecular complexity index is 1220. The first-order valence-corrected chi connectivity index (χ1v) is 31.4. The van der Waals surface area contributed by atoms with Crippen molar-refractivity contribution < 1.29 is 32.9 Å². The van der Waals surface area contributed by atoms with Crippen molar-refractivity contribution in [1.29, 1.82) is 0 Å². The summed E-state index contributed by atoms with van der Waals surface area (Å²) >= 11 is 0. The number of aliphatic hydroxyl groups excluding tert-OH is 1. The first-order valence-electron chi connectivity index (χ1n) is 29.9. The molecule has 3 unspecified atom stereocenters. The van der Waals surface area contributed by atoms with Gasteiger partial charge in [-0.05, 0) is 57.8 Å². The second-order valence-electron chi connectivity index (χ2n) is 21.7. The van der Waals surface area contributed by atoms with Gasteiger partial charge in [-0.2, -0.15) is 0 Å². The molecule has 69 heavy (non-hydrogen) atoms. The largest absolute Gasteiger partial charge is 0.472 e. The van der Waals surface area contributed by atoms with Crippen LogP contribution in [0.5, 0.6) is 0 Å². The van der Waals surface area contributed by atoms with E-state index < -0.39 is 20.0 Å². The maximum Gasteiger partial charge on any atom is 0.472 e. The van der Waals surface area contributed by atoms with Crippen LogP contribution in [0.4, 0.5) is 0 Å². The summed E-state index contributed by atoms with van der Waals surface area (Å²) in [5.74, 6) is -0.186. The summed E-state index contributed by atoms with van der Waals surface area (Å²) in [6.07, 6.45) is 66.8. The number of hydrogen-bond acceptors (Lipinski definition) is 5. The molecule has 0 aliphatic heterocycles. The lowest BCUT2D eigenvalue weighted by atomic mass is 10.0. The first-order chi connectivity index (χ1) is 33.5. The van der Waals surface area contributed by atoms with Gasteiger partial charge >= 0.3 is 7.82 Å². The molecular weight excluding hydrogens is 876 g/mol. The van der Waals surface area contributed by atoms with Crippen LogP contribution in [0.3, 0.4) is 0 Å². The number of rotatable bonds is 55. The van der Waals surface area contributed by atoms with Crippen molar-refractivity contribution in [1.82, 2.24) is 5.32 Å². The third-order valence-electron chi connectivity index (χ3n) is 13.6. The first kappa shape index (κ1) is 67.7. The second-order valence-corrected chi connectivity index (χ2v) is 23.2. The summed E-state index contributed by atoms with van der Waals surface area (Å²) in [6, 6.07) is -0.865. The number of aliphatic hydroxyl groups is 1. The van der Waals surface area contributed by atoms with Crippen LogP contribution in [-0.4, -0.2) is 73.4 Å². The minimum Gasteiger partial charge on any atom is -0.387 e. The van der Waals surface area contributed by atoms with Gasteiger partial charge in [0, 0.05) is 6.42 Å². The number of unbranched alkanes of at least 4 members (excludes halogenated alkanes) is 38. The van der Waals surface area contributed by atoms with Gasteiger partial charge in [-0.1, -0.05) is 262 Å². The van der Waals surface area contributed by atoms with Crippen LogP contribution < -0.4 is 5.32 Å².